The number of aromatic carboxylic acids is 1. The maximum Gasteiger partial charge on any atom is 0.354 e. The molecule has 0 saturated heterocycles. The van der Waals surface area contributed by atoms with Crippen molar-refractivity contribution in [2.75, 3.05) is 0 Å². The third kappa shape index (κ3) is 5.03. The molecule has 0 aliphatic carbocycles. The maximum absolute atomic E-state index is 10.5. The first kappa shape index (κ1) is 16.9. The molecule has 0 bridgehead atoms. The van der Waals surface area contributed by atoms with Gasteiger partial charge in [0.15, 0.2) is 5.69 Å². The van der Waals surface area contributed by atoms with E-state index in [1.54, 1.807) is 31.2 Å². The van der Waals surface area contributed by atoms with Gasteiger partial charge in [-0.3, -0.25) is 0 Å². The van der Waals surface area contributed by atoms with Crippen LogP contribution in [0.25, 0.3) is 4.85 Å². The third-order valence-corrected chi connectivity index (χ3v) is 2.83. The van der Waals surface area contributed by atoms with Crippen LogP contribution in [0.2, 0.25) is 10.3 Å². The summed E-state index contributed by atoms with van der Waals surface area (Å²) in [5, 5.41) is 9.14. The van der Waals surface area contributed by atoms with Gasteiger partial charge in [-0.15, -0.1) is 4.98 Å². The van der Waals surface area contributed by atoms with Crippen molar-refractivity contribution in [3.63, 3.8) is 0 Å². The summed E-state index contributed by atoms with van der Waals surface area (Å²) >= 11 is 11.0. The average molecular weight is 324 g/mol. The SMILES string of the molecule is Cc1ccc(Cl)nc1C(=O)O.[C-]#[N+]c1nc(Cl)ccc1C. The minimum absolute atomic E-state index is 0.0116. The Morgan fingerprint density at radius 3 is 2.05 bits per heavy atom. The molecule has 0 amide bonds. The molecule has 0 aromatic carbocycles. The smallest absolute Gasteiger partial charge is 0.354 e. The van der Waals surface area contributed by atoms with Crippen LogP contribution in [0.15, 0.2) is 24.3 Å². The van der Waals surface area contributed by atoms with Crippen molar-refractivity contribution >= 4 is 35.0 Å². The van der Waals surface area contributed by atoms with Crippen LogP contribution in [0.1, 0.15) is 21.6 Å². The summed E-state index contributed by atoms with van der Waals surface area (Å²) in [5.74, 6) is -0.669. The minimum atomic E-state index is -1.05. The molecular formula is C14H11Cl2N3O2. The number of carboxylic acids is 1. The van der Waals surface area contributed by atoms with Crippen LogP contribution in [-0.4, -0.2) is 21.0 Å². The molecule has 21 heavy (non-hydrogen) atoms. The summed E-state index contributed by atoms with van der Waals surface area (Å²) in [6.07, 6.45) is 0. The van der Waals surface area contributed by atoms with Gasteiger partial charge in [-0.1, -0.05) is 30.3 Å². The fraction of sp³-hybridized carbons (Fsp3) is 0.143. The Morgan fingerprint density at radius 1 is 1.10 bits per heavy atom. The zero-order valence-electron chi connectivity index (χ0n) is 11.3. The monoisotopic (exact) mass is 323 g/mol. The number of pyridine rings is 2. The Hall–Kier alpha value is -2.16. The number of nitrogens with zero attached hydrogens (tertiary/aromatic N) is 3. The number of carboxylic acid groups (broad SMARTS) is 1. The van der Waals surface area contributed by atoms with Crippen molar-refractivity contribution in [1.29, 1.82) is 0 Å². The van der Waals surface area contributed by atoms with E-state index in [2.05, 4.69) is 14.8 Å². The van der Waals surface area contributed by atoms with Gasteiger partial charge in [-0.05, 0) is 48.7 Å². The molecule has 0 spiro atoms. The van der Waals surface area contributed by atoms with Crippen LogP contribution < -0.4 is 0 Å². The molecular weight excluding hydrogens is 313 g/mol. The normalized spacial score (nSPS) is 9.29. The lowest BCUT2D eigenvalue weighted by molar-refractivity contribution is 0.0689. The van der Waals surface area contributed by atoms with Gasteiger partial charge in [-0.2, -0.15) is 0 Å². The number of hydrogen-bond donors (Lipinski definition) is 1. The van der Waals surface area contributed by atoms with Gasteiger partial charge in [0.2, 0.25) is 5.15 Å². The molecule has 0 atom stereocenters. The lowest BCUT2D eigenvalue weighted by Gasteiger charge is -1.97. The first-order valence-electron chi connectivity index (χ1n) is 5.72. The molecule has 0 aliphatic rings. The highest BCUT2D eigenvalue weighted by molar-refractivity contribution is 6.29. The molecule has 1 N–H and O–H groups in total. The Labute approximate surface area is 132 Å². The summed E-state index contributed by atoms with van der Waals surface area (Å²) < 4.78 is 0. The van der Waals surface area contributed by atoms with Crippen molar-refractivity contribution in [3.05, 3.63) is 62.8 Å². The van der Waals surface area contributed by atoms with Gasteiger partial charge in [0.25, 0.3) is 5.82 Å². The molecule has 2 rings (SSSR count). The van der Waals surface area contributed by atoms with Crippen LogP contribution in [-0.2, 0) is 0 Å². The average Bonchev–Trinajstić information content (AvgIpc) is 2.44. The van der Waals surface area contributed by atoms with Gasteiger partial charge in [0.05, 0.1) is 0 Å². The predicted octanol–water partition coefficient (Wildman–Crippen LogP) is 4.34. The van der Waals surface area contributed by atoms with Crippen LogP contribution >= 0.6 is 23.2 Å². The number of halogens is 2. The second-order valence-corrected chi connectivity index (χ2v) is 4.77. The van der Waals surface area contributed by atoms with E-state index in [1.807, 2.05) is 6.92 Å². The van der Waals surface area contributed by atoms with E-state index in [9.17, 15) is 4.79 Å². The van der Waals surface area contributed by atoms with Crippen molar-refractivity contribution in [1.82, 2.24) is 9.97 Å². The molecule has 108 valence electrons. The molecule has 5 nitrogen and oxygen atoms in total. The number of aromatic nitrogens is 2. The van der Waals surface area contributed by atoms with Crippen LogP contribution in [0.5, 0.6) is 0 Å². The summed E-state index contributed by atoms with van der Waals surface area (Å²) in [6.45, 7) is 10.2. The molecule has 2 heterocycles. The van der Waals surface area contributed by atoms with E-state index in [0.29, 0.717) is 16.5 Å². The molecule has 2 aromatic heterocycles. The van der Waals surface area contributed by atoms with Crippen molar-refractivity contribution in [3.8, 4) is 0 Å². The van der Waals surface area contributed by atoms with Gasteiger partial charge < -0.3 is 9.95 Å². The fourth-order valence-corrected chi connectivity index (χ4v) is 1.62. The lowest BCUT2D eigenvalue weighted by Crippen LogP contribution is -2.02. The molecule has 0 fully saturated rings. The van der Waals surface area contributed by atoms with E-state index in [0.717, 1.165) is 5.56 Å². The van der Waals surface area contributed by atoms with E-state index >= 15 is 0 Å². The van der Waals surface area contributed by atoms with Crippen molar-refractivity contribution in [2.45, 2.75) is 13.8 Å². The molecule has 7 heteroatoms. The van der Waals surface area contributed by atoms with Crippen molar-refractivity contribution < 1.29 is 9.90 Å². The van der Waals surface area contributed by atoms with Gasteiger partial charge in [-0.25, -0.2) is 9.78 Å². The van der Waals surface area contributed by atoms with E-state index in [4.69, 9.17) is 34.9 Å². The van der Waals surface area contributed by atoms with E-state index in [1.165, 1.54) is 0 Å². The van der Waals surface area contributed by atoms with Gasteiger partial charge in [0, 0.05) is 0 Å². The van der Waals surface area contributed by atoms with E-state index in [-0.39, 0.29) is 10.8 Å². The Morgan fingerprint density at radius 2 is 1.62 bits per heavy atom. The highest BCUT2D eigenvalue weighted by Crippen LogP contribution is 2.17. The molecule has 0 aliphatic heterocycles. The van der Waals surface area contributed by atoms with Crippen molar-refractivity contribution in [2.24, 2.45) is 0 Å². The van der Waals surface area contributed by atoms with Crippen LogP contribution in [0.3, 0.4) is 0 Å². The number of rotatable bonds is 1. The maximum atomic E-state index is 10.5. The summed E-state index contributed by atoms with van der Waals surface area (Å²) in [4.78, 5) is 21.1. The second kappa shape index (κ2) is 7.58. The van der Waals surface area contributed by atoms with Crippen LogP contribution in [0, 0.1) is 20.4 Å². The second-order valence-electron chi connectivity index (χ2n) is 3.99. The first-order chi connectivity index (χ1) is 9.85. The first-order valence-corrected chi connectivity index (χ1v) is 6.47. The zero-order chi connectivity index (χ0) is 16.0. The summed E-state index contributed by atoms with van der Waals surface area (Å²) in [6, 6.07) is 6.64. The third-order valence-electron chi connectivity index (χ3n) is 2.41. The number of hydrogen-bond acceptors (Lipinski definition) is 3. The Bertz CT molecular complexity index is 712. The lowest BCUT2D eigenvalue weighted by atomic mass is 10.2. The van der Waals surface area contributed by atoms with Gasteiger partial charge in [0.1, 0.15) is 5.15 Å². The summed E-state index contributed by atoms with van der Waals surface area (Å²) in [5.41, 5.74) is 1.49. The highest BCUT2D eigenvalue weighted by atomic mass is 35.5. The highest BCUT2D eigenvalue weighted by Gasteiger charge is 2.08. The topological polar surface area (TPSA) is 67.4 Å². The standard InChI is InChI=1S/C7H5ClN2.C7H6ClNO2/c1-5-3-4-6(8)10-7(5)9-2;1-4-2-3-5(8)9-6(4)7(10)11/h3-4H,1H3;2-3H,1H3,(H,10,11). The molecule has 0 saturated carbocycles. The Kier molecular flexibility index (Phi) is 6.10. The molecule has 2 aromatic rings. The fourth-order valence-electron chi connectivity index (χ4n) is 1.33. The molecule has 0 radical (unpaired) electrons. The number of aryl methyl sites for hydroxylation is 2. The van der Waals surface area contributed by atoms with E-state index < -0.39 is 5.97 Å². The van der Waals surface area contributed by atoms with Gasteiger partial charge >= 0.3 is 5.97 Å². The summed E-state index contributed by atoms with van der Waals surface area (Å²) in [7, 11) is 0. The predicted molar refractivity (Wildman–Crippen MR) is 81.2 cm³/mol. The van der Waals surface area contributed by atoms with Crippen LogP contribution in [0.4, 0.5) is 5.82 Å². The largest absolute Gasteiger partial charge is 0.477 e. The Balaban J connectivity index is 0.000000211. The molecule has 0 unspecified atom stereocenters. The quantitative estimate of drug-likeness (QED) is 0.626. The minimum Gasteiger partial charge on any atom is -0.477 e. The zero-order valence-corrected chi connectivity index (χ0v) is 12.8. The number of carbonyl (C=O) groups is 1.